The lowest BCUT2D eigenvalue weighted by atomic mass is 10.0. The van der Waals surface area contributed by atoms with Crippen molar-refractivity contribution in [3.8, 4) is 16.9 Å². The molecule has 0 amide bonds. The summed E-state index contributed by atoms with van der Waals surface area (Å²) in [6, 6.07) is 33.3. The van der Waals surface area contributed by atoms with Crippen LogP contribution in [-0.4, -0.2) is 26.2 Å². The van der Waals surface area contributed by atoms with Crippen molar-refractivity contribution in [2.75, 3.05) is 0 Å². The monoisotopic (exact) mass is 680 g/mol. The molecule has 0 radical (unpaired) electrons. The quantitative estimate of drug-likeness (QED) is 0.150. The van der Waals surface area contributed by atoms with E-state index in [1.807, 2.05) is 61.5 Å². The van der Waals surface area contributed by atoms with E-state index in [-0.39, 0.29) is 34.6 Å². The zero-order valence-electron chi connectivity index (χ0n) is 24.2. The summed E-state index contributed by atoms with van der Waals surface area (Å²) in [4.78, 5) is -0.261. The van der Waals surface area contributed by atoms with Gasteiger partial charge >= 0.3 is 0 Å². The Balaban J connectivity index is 1.43. The van der Waals surface area contributed by atoms with Crippen LogP contribution in [0.25, 0.3) is 11.1 Å². The number of aryl methyl sites for hydroxylation is 1. The Morgan fingerprint density at radius 1 is 0.689 bits per heavy atom. The highest BCUT2D eigenvalue weighted by Gasteiger charge is 2.29. The van der Waals surface area contributed by atoms with Crippen molar-refractivity contribution in [3.63, 3.8) is 0 Å². The lowest BCUT2D eigenvalue weighted by Crippen LogP contribution is -2.30. The van der Waals surface area contributed by atoms with Gasteiger partial charge in [-0.15, -0.1) is 0 Å². The average molecular weight is 682 g/mol. The number of rotatable bonds is 11. The van der Waals surface area contributed by atoms with Gasteiger partial charge in [-0.25, -0.2) is 21.6 Å². The van der Waals surface area contributed by atoms with Crippen LogP contribution in [0.2, 0.25) is 10.0 Å². The van der Waals surface area contributed by atoms with Crippen LogP contribution in [0.3, 0.4) is 0 Å². The van der Waals surface area contributed by atoms with Crippen LogP contribution in [-0.2, 0) is 39.7 Å². The molecule has 45 heavy (non-hydrogen) atoms. The zero-order valence-corrected chi connectivity index (χ0v) is 27.3. The van der Waals surface area contributed by atoms with Gasteiger partial charge < -0.3 is 5.11 Å². The molecule has 0 unspecified atom stereocenters. The molecule has 0 fully saturated rings. The van der Waals surface area contributed by atoms with Crippen LogP contribution in [0.4, 0.5) is 0 Å². The van der Waals surface area contributed by atoms with Crippen LogP contribution in [0.5, 0.6) is 5.75 Å². The maximum absolute atomic E-state index is 14.0. The van der Waals surface area contributed by atoms with Crippen LogP contribution in [0.15, 0.2) is 125 Å². The van der Waals surface area contributed by atoms with Crippen LogP contribution in [0.1, 0.15) is 22.3 Å². The summed E-state index contributed by atoms with van der Waals surface area (Å²) in [5.74, 6) is -0.593. The predicted molar refractivity (Wildman–Crippen MR) is 178 cm³/mol. The Labute approximate surface area is 273 Å². The number of benzene rings is 5. The van der Waals surface area contributed by atoms with E-state index in [1.54, 1.807) is 48.5 Å². The number of hydrogen-bond acceptors (Lipinski definition) is 5. The highest BCUT2D eigenvalue weighted by Crippen LogP contribution is 2.36. The number of halogens is 2. The van der Waals surface area contributed by atoms with Crippen molar-refractivity contribution in [2.45, 2.75) is 36.3 Å². The fraction of sp³-hybridized carbons (Fsp3) is 0.118. The van der Waals surface area contributed by atoms with Crippen LogP contribution < -0.4 is 4.72 Å². The summed E-state index contributed by atoms with van der Waals surface area (Å²) >= 11 is 12.2. The van der Waals surface area contributed by atoms with Gasteiger partial charge in [0, 0.05) is 24.7 Å². The number of sulfonamides is 2. The second-order valence-corrected chi connectivity index (χ2v) is 15.0. The Morgan fingerprint density at radius 2 is 1.31 bits per heavy atom. The molecule has 0 aromatic heterocycles. The third kappa shape index (κ3) is 7.94. The second kappa shape index (κ2) is 13.7. The van der Waals surface area contributed by atoms with E-state index in [9.17, 15) is 21.9 Å². The first-order valence-corrected chi connectivity index (χ1v) is 17.6. The number of phenols is 1. The number of nitrogens with one attached hydrogen (secondary N) is 1. The van der Waals surface area contributed by atoms with Crippen LogP contribution in [0, 0.1) is 6.92 Å². The van der Waals surface area contributed by atoms with E-state index in [4.69, 9.17) is 23.2 Å². The van der Waals surface area contributed by atoms with Crippen molar-refractivity contribution < 1.29 is 21.9 Å². The Bertz CT molecular complexity index is 2020. The lowest BCUT2D eigenvalue weighted by molar-refractivity contribution is 0.394. The van der Waals surface area contributed by atoms with E-state index < -0.39 is 30.7 Å². The van der Waals surface area contributed by atoms with Crippen molar-refractivity contribution in [1.29, 1.82) is 0 Å². The van der Waals surface area contributed by atoms with Gasteiger partial charge in [0.05, 0.1) is 9.92 Å². The summed E-state index contributed by atoms with van der Waals surface area (Å²) in [7, 11) is -8.08. The highest BCUT2D eigenvalue weighted by molar-refractivity contribution is 7.89. The predicted octanol–water partition coefficient (Wildman–Crippen LogP) is 7.54. The maximum Gasteiger partial charge on any atom is 0.247 e. The van der Waals surface area contributed by atoms with E-state index in [0.29, 0.717) is 16.7 Å². The fourth-order valence-corrected chi connectivity index (χ4v) is 7.94. The summed E-state index contributed by atoms with van der Waals surface area (Å²) in [6.07, 6.45) is 0. The first-order valence-electron chi connectivity index (χ1n) is 13.9. The largest absolute Gasteiger partial charge is 0.505 e. The molecule has 5 aromatic rings. The molecule has 5 aromatic carbocycles. The fourth-order valence-electron chi connectivity index (χ4n) is 4.76. The summed E-state index contributed by atoms with van der Waals surface area (Å²) in [6.45, 7) is 1.78. The summed E-state index contributed by atoms with van der Waals surface area (Å²) in [5, 5.41) is 10.5. The van der Waals surface area contributed by atoms with Crippen molar-refractivity contribution in [2.24, 2.45) is 0 Å². The molecule has 0 bridgehead atoms. The van der Waals surface area contributed by atoms with E-state index in [0.717, 1.165) is 16.7 Å². The standard InChI is InChI=1S/C34H30Cl2N2O5S2/c1-24-10-16-31(17-11-24)44(40,41)37-21-26-6-5-7-27(18-26)23-38(45(42,43)33-20-30(35)19-32(36)34(33)39)22-25-12-14-29(15-13-25)28-8-3-2-4-9-28/h2-20,37,39H,21-23H2,1H3. The van der Waals surface area contributed by atoms with Gasteiger partial charge in [0.25, 0.3) is 0 Å². The molecular weight excluding hydrogens is 651 g/mol. The topological polar surface area (TPSA) is 104 Å². The van der Waals surface area contributed by atoms with E-state index in [1.165, 1.54) is 16.4 Å². The van der Waals surface area contributed by atoms with Crippen molar-refractivity contribution in [1.82, 2.24) is 9.03 Å². The molecule has 7 nitrogen and oxygen atoms in total. The van der Waals surface area contributed by atoms with E-state index in [2.05, 4.69) is 4.72 Å². The molecule has 11 heteroatoms. The first kappa shape index (κ1) is 32.7. The molecule has 2 N–H and O–H groups in total. The minimum atomic E-state index is -4.32. The van der Waals surface area contributed by atoms with Crippen molar-refractivity contribution in [3.05, 3.63) is 148 Å². The van der Waals surface area contributed by atoms with Gasteiger partial charge in [-0.3, -0.25) is 0 Å². The highest BCUT2D eigenvalue weighted by atomic mass is 35.5. The number of hydrogen-bond donors (Lipinski definition) is 2. The molecule has 0 aliphatic carbocycles. The van der Waals surface area contributed by atoms with Gasteiger partial charge in [0.2, 0.25) is 20.0 Å². The first-order chi connectivity index (χ1) is 21.4. The lowest BCUT2D eigenvalue weighted by Gasteiger charge is -2.24. The zero-order chi connectivity index (χ0) is 32.2. The Morgan fingerprint density at radius 3 is 2.00 bits per heavy atom. The maximum atomic E-state index is 14.0. The molecule has 0 saturated carbocycles. The third-order valence-electron chi connectivity index (χ3n) is 7.18. The van der Waals surface area contributed by atoms with Gasteiger partial charge in [-0.1, -0.05) is 120 Å². The molecule has 0 atom stereocenters. The molecule has 0 saturated heterocycles. The normalized spacial score (nSPS) is 12.0. The number of nitrogens with zero attached hydrogens (tertiary/aromatic N) is 1. The van der Waals surface area contributed by atoms with Crippen molar-refractivity contribution >= 4 is 43.2 Å². The molecule has 0 heterocycles. The van der Waals surface area contributed by atoms with Gasteiger partial charge in [-0.05, 0) is 59.0 Å². The molecule has 5 rings (SSSR count). The van der Waals surface area contributed by atoms with Gasteiger partial charge in [0.15, 0.2) is 5.75 Å². The molecular formula is C34H30Cl2N2O5S2. The van der Waals surface area contributed by atoms with Gasteiger partial charge in [-0.2, -0.15) is 4.31 Å². The third-order valence-corrected chi connectivity index (χ3v) is 10.9. The minimum absolute atomic E-state index is 0.00242. The Hall–Kier alpha value is -3.70. The average Bonchev–Trinajstić information content (AvgIpc) is 3.02. The van der Waals surface area contributed by atoms with Crippen LogP contribution >= 0.6 is 23.2 Å². The number of phenolic OH excluding ortho intramolecular Hbond substituents is 1. The molecule has 0 aliphatic heterocycles. The van der Waals surface area contributed by atoms with Gasteiger partial charge in [0.1, 0.15) is 4.90 Å². The Kier molecular flexibility index (Phi) is 9.98. The minimum Gasteiger partial charge on any atom is -0.505 e. The smallest absolute Gasteiger partial charge is 0.247 e. The second-order valence-electron chi connectivity index (χ2n) is 10.5. The number of aromatic hydroxyl groups is 1. The summed E-state index contributed by atoms with van der Waals surface area (Å²) < 4.78 is 57.6. The SMILES string of the molecule is Cc1ccc(S(=O)(=O)NCc2cccc(CN(Cc3ccc(-c4ccccc4)cc3)S(=O)(=O)c3cc(Cl)cc(Cl)c3O)c2)cc1. The molecule has 0 spiro atoms. The molecule has 232 valence electrons. The molecule has 0 aliphatic rings. The summed E-state index contributed by atoms with van der Waals surface area (Å²) in [5.41, 5.74) is 4.92. The van der Waals surface area contributed by atoms with E-state index >= 15 is 0 Å².